The molecule has 7 aromatic rings. The van der Waals surface area contributed by atoms with Crippen molar-refractivity contribution in [2.24, 2.45) is 0 Å². The number of anilines is 6. The molecule has 2 N–H and O–H groups in total. The lowest BCUT2D eigenvalue weighted by Gasteiger charge is -2.30. The quantitative estimate of drug-likeness (QED) is 0.130. The molecule has 6 aromatic heterocycles. The second-order valence-corrected chi connectivity index (χ2v) is 19.6. The summed E-state index contributed by atoms with van der Waals surface area (Å²) in [5.41, 5.74) is 8.03. The van der Waals surface area contributed by atoms with E-state index in [2.05, 4.69) is 85.0 Å². The summed E-state index contributed by atoms with van der Waals surface area (Å²) in [5.74, 6) is 4.89. The first-order valence-corrected chi connectivity index (χ1v) is 27.4. The third-order valence-electron chi connectivity index (χ3n) is 13.7. The summed E-state index contributed by atoms with van der Waals surface area (Å²) < 4.78 is 11.0. The van der Waals surface area contributed by atoms with Crippen molar-refractivity contribution in [1.82, 2.24) is 65.1 Å². The van der Waals surface area contributed by atoms with E-state index in [4.69, 9.17) is 54.2 Å². The minimum Gasteiger partial charge on any atom is -0.378 e. The zero-order chi connectivity index (χ0) is 53.6. The number of nitrogens with one attached hydrogen (secondary N) is 2. The van der Waals surface area contributed by atoms with Crippen LogP contribution in [0.25, 0.3) is 11.4 Å². The van der Waals surface area contributed by atoms with E-state index in [0.29, 0.717) is 36.0 Å². The summed E-state index contributed by atoms with van der Waals surface area (Å²) in [6.07, 6.45) is 15.4. The molecule has 406 valence electrons. The second kappa shape index (κ2) is 26.4. The van der Waals surface area contributed by atoms with Crippen molar-refractivity contribution in [2.45, 2.75) is 45.4 Å². The molecule has 0 unspecified atom stereocenters. The molecule has 0 aliphatic carbocycles. The SMILES string of the molecule is CCNC(=O)Nc1ccc(-c2nc3c(c(N4CCOCC4)n2)CCN(c2ncccn2)CC3)cc1.Clc1nc(Cl)c2c(n1)CCN(c1ncccn1)CC2.Clc1nc2c(c(N3CCOCC3)n1)CCN(c1ncccn1)CC2. The van der Waals surface area contributed by atoms with Crippen molar-refractivity contribution < 1.29 is 14.3 Å². The Balaban J connectivity index is 0.000000139. The van der Waals surface area contributed by atoms with Crippen LogP contribution in [0.3, 0.4) is 0 Å². The Labute approximate surface area is 467 Å². The van der Waals surface area contributed by atoms with Gasteiger partial charge in [0, 0.05) is 156 Å². The lowest BCUT2D eigenvalue weighted by Crippen LogP contribution is -2.38. The van der Waals surface area contributed by atoms with Crippen LogP contribution in [0.5, 0.6) is 0 Å². The summed E-state index contributed by atoms with van der Waals surface area (Å²) in [7, 11) is 0. The van der Waals surface area contributed by atoms with Crippen LogP contribution in [-0.4, -0.2) is 164 Å². The fraction of sp³-hybridized carbons (Fsp3) is 0.415. The van der Waals surface area contributed by atoms with Gasteiger partial charge in [0.25, 0.3) is 0 Å². The first-order valence-electron chi connectivity index (χ1n) is 26.3. The molecular weight excluding hydrogens is 1060 g/mol. The second-order valence-electron chi connectivity index (χ2n) is 18.6. The molecular formula is C53H60Cl3N19O3. The lowest BCUT2D eigenvalue weighted by atomic mass is 10.1. The van der Waals surface area contributed by atoms with Crippen LogP contribution in [0.2, 0.25) is 15.7 Å². The highest BCUT2D eigenvalue weighted by Crippen LogP contribution is 2.31. The third-order valence-corrected chi connectivity index (χ3v) is 14.4. The van der Waals surface area contributed by atoms with Crippen molar-refractivity contribution in [3.05, 3.63) is 129 Å². The molecule has 2 saturated heterocycles. The monoisotopic (exact) mass is 1120 g/mol. The molecule has 5 aliphatic rings. The van der Waals surface area contributed by atoms with Gasteiger partial charge in [-0.25, -0.2) is 64.6 Å². The van der Waals surface area contributed by atoms with E-state index >= 15 is 0 Å². The molecule has 25 heteroatoms. The van der Waals surface area contributed by atoms with Gasteiger partial charge < -0.3 is 44.6 Å². The highest BCUT2D eigenvalue weighted by atomic mass is 35.5. The largest absolute Gasteiger partial charge is 0.378 e. The van der Waals surface area contributed by atoms with Crippen LogP contribution in [-0.2, 0) is 48.0 Å². The van der Waals surface area contributed by atoms with Crippen molar-refractivity contribution in [3.63, 3.8) is 0 Å². The fourth-order valence-electron chi connectivity index (χ4n) is 9.86. The molecule has 0 spiro atoms. The molecule has 0 saturated carbocycles. The Hall–Kier alpha value is -7.24. The number of benzene rings is 1. The summed E-state index contributed by atoms with van der Waals surface area (Å²) in [6.45, 7) is 13.5. The highest BCUT2D eigenvalue weighted by Gasteiger charge is 2.28. The molecule has 5 aliphatic heterocycles. The van der Waals surface area contributed by atoms with Gasteiger partial charge >= 0.3 is 6.03 Å². The lowest BCUT2D eigenvalue weighted by molar-refractivity contribution is 0.122. The summed E-state index contributed by atoms with van der Waals surface area (Å²) in [6, 6.07) is 12.9. The van der Waals surface area contributed by atoms with Gasteiger partial charge in [-0.15, -0.1) is 0 Å². The molecule has 0 radical (unpaired) electrons. The van der Waals surface area contributed by atoms with Gasteiger partial charge in [0.15, 0.2) is 5.82 Å². The first-order chi connectivity index (χ1) is 38.3. The molecule has 2 amide bonds. The Kier molecular flexibility index (Phi) is 18.3. The maximum atomic E-state index is 11.8. The summed E-state index contributed by atoms with van der Waals surface area (Å²) in [4.78, 5) is 76.4. The molecule has 0 atom stereocenters. The maximum absolute atomic E-state index is 11.8. The molecule has 22 nitrogen and oxygen atoms in total. The number of carbonyl (C=O) groups is 1. The van der Waals surface area contributed by atoms with E-state index in [-0.39, 0.29) is 11.3 Å². The van der Waals surface area contributed by atoms with Crippen LogP contribution in [0, 0.1) is 0 Å². The van der Waals surface area contributed by atoms with Crippen LogP contribution < -0.4 is 35.1 Å². The number of hydrogen-bond acceptors (Lipinski definition) is 20. The topological polar surface area (TPSA) is 230 Å². The third kappa shape index (κ3) is 13.7. The fourth-order valence-corrected chi connectivity index (χ4v) is 10.6. The number of ether oxygens (including phenoxy) is 2. The summed E-state index contributed by atoms with van der Waals surface area (Å²) in [5, 5.41) is 6.54. The summed E-state index contributed by atoms with van der Waals surface area (Å²) >= 11 is 18.2. The minimum atomic E-state index is -0.219. The first kappa shape index (κ1) is 54.1. The predicted molar refractivity (Wildman–Crippen MR) is 300 cm³/mol. The molecule has 2 fully saturated rings. The van der Waals surface area contributed by atoms with Gasteiger partial charge in [0.1, 0.15) is 16.8 Å². The normalized spacial score (nSPS) is 16.3. The number of halogens is 3. The van der Waals surface area contributed by atoms with Crippen LogP contribution in [0.15, 0.2) is 79.6 Å². The molecule has 78 heavy (non-hydrogen) atoms. The van der Waals surface area contributed by atoms with Crippen molar-refractivity contribution in [1.29, 1.82) is 0 Å². The van der Waals surface area contributed by atoms with Gasteiger partial charge in [0.05, 0.1) is 43.5 Å². The van der Waals surface area contributed by atoms with Gasteiger partial charge in [-0.1, -0.05) is 11.6 Å². The predicted octanol–water partition coefficient (Wildman–Crippen LogP) is 6.06. The Morgan fingerprint density at radius 2 is 0.897 bits per heavy atom. The standard InChI is InChI=1S/C25H30N8O2.C16H19ClN6O.C12H11Cl2N5/c1-2-26-25(34)29-19-6-4-18(5-7-19)22-30-21-9-13-33(24-27-10-3-11-28-24)12-8-20(21)23(31-22)32-14-16-35-17-15-32;17-15-20-13-3-7-23(16-18-4-1-5-19-16)6-2-12(13)14(21-15)22-8-10-24-11-9-22;13-10-8-2-6-19(12-15-4-1-5-16-12)7-3-9(8)17-11(14)18-10/h3-7,10-11H,2,8-9,12-17H2,1H3,(H2,26,29,34);1,4-5H,2-3,6-11H2;1,4-5H,2-3,6-7H2. The van der Waals surface area contributed by atoms with E-state index in [1.807, 2.05) is 43.3 Å². The maximum Gasteiger partial charge on any atom is 0.319 e. The zero-order valence-electron chi connectivity index (χ0n) is 43.3. The average Bonchev–Trinajstić information content (AvgIpc) is 3.96. The zero-order valence-corrected chi connectivity index (χ0v) is 45.6. The Morgan fingerprint density at radius 3 is 1.37 bits per heavy atom. The number of hydrogen-bond donors (Lipinski definition) is 2. The number of carbonyl (C=O) groups excluding carboxylic acids is 1. The number of fused-ring (bicyclic) bond motifs is 3. The molecule has 0 bridgehead atoms. The molecule has 12 rings (SSSR count). The Bertz CT molecular complexity index is 3090. The van der Waals surface area contributed by atoms with E-state index in [1.54, 1.807) is 43.2 Å². The van der Waals surface area contributed by atoms with Gasteiger partial charge in [-0.05, 0) is 91.9 Å². The van der Waals surface area contributed by atoms with Crippen molar-refractivity contribution in [2.75, 3.05) is 128 Å². The van der Waals surface area contributed by atoms with Crippen molar-refractivity contribution >= 4 is 76.0 Å². The van der Waals surface area contributed by atoms with E-state index in [1.165, 1.54) is 11.1 Å². The van der Waals surface area contributed by atoms with Gasteiger partial charge in [0.2, 0.25) is 28.4 Å². The molecule has 11 heterocycles. The smallest absolute Gasteiger partial charge is 0.319 e. The number of nitrogens with zero attached hydrogens (tertiary/aromatic N) is 17. The number of morpholine rings is 2. The van der Waals surface area contributed by atoms with E-state index in [0.717, 1.165) is 181 Å². The van der Waals surface area contributed by atoms with Crippen molar-refractivity contribution in [3.8, 4) is 11.4 Å². The van der Waals surface area contributed by atoms with Crippen LogP contribution in [0.4, 0.5) is 40.0 Å². The highest BCUT2D eigenvalue weighted by molar-refractivity contribution is 6.32. The Morgan fingerprint density at radius 1 is 0.487 bits per heavy atom. The van der Waals surface area contributed by atoms with Gasteiger partial charge in [-0.3, -0.25) is 0 Å². The van der Waals surface area contributed by atoms with Crippen LogP contribution in [0.1, 0.15) is 40.7 Å². The molecule has 1 aromatic carbocycles. The van der Waals surface area contributed by atoms with Crippen LogP contribution >= 0.6 is 34.8 Å². The van der Waals surface area contributed by atoms with E-state index in [9.17, 15) is 4.79 Å². The van der Waals surface area contributed by atoms with E-state index < -0.39 is 0 Å². The van der Waals surface area contributed by atoms with Gasteiger partial charge in [-0.2, -0.15) is 0 Å². The number of amides is 2. The number of urea groups is 1. The number of aromatic nitrogens is 12. The minimum absolute atomic E-state index is 0.202. The number of rotatable bonds is 8. The average molecular weight is 1120 g/mol.